The third-order valence-electron chi connectivity index (χ3n) is 1.96. The summed E-state index contributed by atoms with van der Waals surface area (Å²) in [5.74, 6) is 1.38. The Morgan fingerprint density at radius 2 is 2.45 bits per heavy atom. The molecule has 0 aromatic carbocycles. The molecule has 2 N–H and O–H groups in total. The highest BCUT2D eigenvalue weighted by Gasteiger charge is 2.23. The van der Waals surface area contributed by atoms with Crippen molar-refractivity contribution in [3.05, 3.63) is 11.2 Å². The molecule has 1 saturated carbocycles. The van der Waals surface area contributed by atoms with Crippen LogP contribution in [0.15, 0.2) is 6.20 Å². The summed E-state index contributed by atoms with van der Waals surface area (Å²) in [6.45, 7) is 0.929. The average molecular weight is 172 g/mol. The van der Waals surface area contributed by atoms with Gasteiger partial charge in [0.1, 0.15) is 10.8 Å². The second-order valence-corrected chi connectivity index (χ2v) is 3.41. The topological polar surface area (TPSA) is 43.8 Å². The van der Waals surface area contributed by atoms with Crippen LogP contribution in [-0.2, 0) is 6.54 Å². The zero-order valence-electron chi connectivity index (χ0n) is 6.13. The van der Waals surface area contributed by atoms with E-state index in [-0.39, 0.29) is 0 Å². The summed E-state index contributed by atoms with van der Waals surface area (Å²) in [6.07, 6.45) is 4.20. The Morgan fingerprint density at radius 3 is 2.91 bits per heavy atom. The van der Waals surface area contributed by atoms with E-state index in [1.807, 2.05) is 0 Å². The normalized spacial score (nSPS) is 17.2. The smallest absolute Gasteiger partial charge is 0.140 e. The fraction of sp³-hybridized carbons (Fsp3) is 0.571. The van der Waals surface area contributed by atoms with Crippen LogP contribution in [0.25, 0.3) is 0 Å². The van der Waals surface area contributed by atoms with Crippen molar-refractivity contribution >= 4 is 17.4 Å². The van der Waals surface area contributed by atoms with Gasteiger partial charge in [0.25, 0.3) is 0 Å². The van der Waals surface area contributed by atoms with Gasteiger partial charge in [0.2, 0.25) is 0 Å². The van der Waals surface area contributed by atoms with Gasteiger partial charge < -0.3 is 5.73 Å². The third-order valence-corrected chi connectivity index (χ3v) is 2.25. The average Bonchev–Trinajstić information content (AvgIpc) is 2.74. The number of rotatable bonds is 2. The summed E-state index contributed by atoms with van der Waals surface area (Å²) in [6, 6.07) is 0. The number of hydrogen-bond acceptors (Lipinski definition) is 2. The van der Waals surface area contributed by atoms with Crippen molar-refractivity contribution in [1.82, 2.24) is 9.78 Å². The van der Waals surface area contributed by atoms with Gasteiger partial charge in [-0.1, -0.05) is 11.6 Å². The monoisotopic (exact) mass is 171 g/mol. The minimum absolute atomic E-state index is 0.561. The lowest BCUT2D eigenvalue weighted by molar-refractivity contribution is 0.571. The lowest BCUT2D eigenvalue weighted by Crippen LogP contribution is -2.05. The summed E-state index contributed by atoms with van der Waals surface area (Å²) in [5, 5.41) is 4.62. The fourth-order valence-electron chi connectivity index (χ4n) is 1.06. The number of halogens is 1. The first kappa shape index (κ1) is 6.98. The SMILES string of the molecule is Nc1c(Cl)cnn1CC1CC1. The van der Waals surface area contributed by atoms with Crippen LogP contribution < -0.4 is 5.73 Å². The second-order valence-electron chi connectivity index (χ2n) is 3.00. The van der Waals surface area contributed by atoms with E-state index >= 15 is 0 Å². The molecular formula is C7H10ClN3. The molecule has 4 heteroatoms. The Labute approximate surface area is 70.1 Å². The van der Waals surface area contributed by atoms with Crippen molar-refractivity contribution in [3.8, 4) is 0 Å². The van der Waals surface area contributed by atoms with Crippen LogP contribution in [0.1, 0.15) is 12.8 Å². The summed E-state index contributed by atoms with van der Waals surface area (Å²) < 4.78 is 1.78. The van der Waals surface area contributed by atoms with Crippen LogP contribution in [0.5, 0.6) is 0 Å². The summed E-state index contributed by atoms with van der Waals surface area (Å²) in [5.41, 5.74) is 5.65. The zero-order chi connectivity index (χ0) is 7.84. The van der Waals surface area contributed by atoms with E-state index in [1.54, 1.807) is 10.9 Å². The standard InChI is InChI=1S/C7H10ClN3/c8-6-3-10-11(7(6)9)4-5-1-2-5/h3,5H,1-2,4,9H2. The quantitative estimate of drug-likeness (QED) is 0.734. The molecule has 1 heterocycles. The number of aromatic nitrogens is 2. The molecule has 2 rings (SSSR count). The van der Waals surface area contributed by atoms with Gasteiger partial charge in [0.15, 0.2) is 0 Å². The molecule has 3 nitrogen and oxygen atoms in total. The minimum Gasteiger partial charge on any atom is -0.383 e. The number of hydrogen-bond donors (Lipinski definition) is 1. The fourth-order valence-corrected chi connectivity index (χ4v) is 1.20. The largest absolute Gasteiger partial charge is 0.383 e. The number of nitrogens with two attached hydrogens (primary N) is 1. The van der Waals surface area contributed by atoms with E-state index in [0.717, 1.165) is 12.5 Å². The van der Waals surface area contributed by atoms with Gasteiger partial charge >= 0.3 is 0 Å². The highest BCUT2D eigenvalue weighted by atomic mass is 35.5. The van der Waals surface area contributed by atoms with Crippen LogP contribution in [0.4, 0.5) is 5.82 Å². The Morgan fingerprint density at radius 1 is 1.73 bits per heavy atom. The van der Waals surface area contributed by atoms with E-state index in [1.165, 1.54) is 12.8 Å². The van der Waals surface area contributed by atoms with Gasteiger partial charge in [-0.05, 0) is 18.8 Å². The molecule has 1 aromatic heterocycles. The Balaban J connectivity index is 2.15. The molecule has 0 atom stereocenters. The van der Waals surface area contributed by atoms with E-state index in [2.05, 4.69) is 5.10 Å². The highest BCUT2D eigenvalue weighted by molar-refractivity contribution is 6.32. The molecule has 1 aliphatic carbocycles. The van der Waals surface area contributed by atoms with Crippen LogP contribution in [0.3, 0.4) is 0 Å². The van der Waals surface area contributed by atoms with Crippen molar-refractivity contribution in [3.63, 3.8) is 0 Å². The van der Waals surface area contributed by atoms with Crippen molar-refractivity contribution < 1.29 is 0 Å². The second kappa shape index (κ2) is 2.41. The lowest BCUT2D eigenvalue weighted by Gasteiger charge is -2.00. The first-order chi connectivity index (χ1) is 5.27. The van der Waals surface area contributed by atoms with Crippen molar-refractivity contribution in [2.45, 2.75) is 19.4 Å². The lowest BCUT2D eigenvalue weighted by atomic mass is 10.4. The molecule has 60 valence electrons. The predicted molar refractivity (Wildman–Crippen MR) is 44.4 cm³/mol. The first-order valence-electron chi connectivity index (χ1n) is 3.74. The van der Waals surface area contributed by atoms with Gasteiger partial charge in [-0.15, -0.1) is 0 Å². The Kier molecular flexibility index (Phi) is 1.53. The van der Waals surface area contributed by atoms with Crippen LogP contribution in [-0.4, -0.2) is 9.78 Å². The van der Waals surface area contributed by atoms with E-state index in [0.29, 0.717) is 10.8 Å². The highest BCUT2D eigenvalue weighted by Crippen LogP contribution is 2.31. The third kappa shape index (κ3) is 1.33. The Bertz CT molecular complexity index is 265. The van der Waals surface area contributed by atoms with Gasteiger partial charge in [0.05, 0.1) is 6.20 Å². The first-order valence-corrected chi connectivity index (χ1v) is 4.12. The van der Waals surface area contributed by atoms with Gasteiger partial charge in [-0.3, -0.25) is 0 Å². The van der Waals surface area contributed by atoms with Crippen molar-refractivity contribution in [2.75, 3.05) is 5.73 Å². The maximum Gasteiger partial charge on any atom is 0.140 e. The number of nitrogen functional groups attached to an aromatic ring is 1. The maximum atomic E-state index is 5.72. The zero-order valence-corrected chi connectivity index (χ0v) is 6.88. The Hall–Kier alpha value is -0.700. The molecule has 0 aliphatic heterocycles. The molecule has 0 unspecified atom stereocenters. The van der Waals surface area contributed by atoms with Gasteiger partial charge in [0, 0.05) is 6.54 Å². The van der Waals surface area contributed by atoms with E-state index in [9.17, 15) is 0 Å². The maximum absolute atomic E-state index is 5.72. The molecule has 0 amide bonds. The minimum atomic E-state index is 0.561. The van der Waals surface area contributed by atoms with Crippen LogP contribution in [0, 0.1) is 5.92 Å². The van der Waals surface area contributed by atoms with Crippen molar-refractivity contribution in [2.24, 2.45) is 5.92 Å². The summed E-state index contributed by atoms with van der Waals surface area (Å²) in [4.78, 5) is 0. The molecule has 0 bridgehead atoms. The molecule has 0 saturated heterocycles. The summed E-state index contributed by atoms with van der Waals surface area (Å²) in [7, 11) is 0. The molecular weight excluding hydrogens is 162 g/mol. The molecule has 1 fully saturated rings. The number of nitrogens with zero attached hydrogens (tertiary/aromatic N) is 2. The van der Waals surface area contributed by atoms with Crippen LogP contribution >= 0.6 is 11.6 Å². The summed E-state index contributed by atoms with van der Waals surface area (Å²) >= 11 is 5.72. The van der Waals surface area contributed by atoms with Gasteiger partial charge in [-0.25, -0.2) is 4.68 Å². The van der Waals surface area contributed by atoms with Crippen LogP contribution in [0.2, 0.25) is 5.02 Å². The molecule has 0 radical (unpaired) electrons. The molecule has 0 spiro atoms. The van der Waals surface area contributed by atoms with Crippen molar-refractivity contribution in [1.29, 1.82) is 0 Å². The number of anilines is 1. The van der Waals surface area contributed by atoms with Gasteiger partial charge in [-0.2, -0.15) is 5.10 Å². The molecule has 11 heavy (non-hydrogen) atoms. The molecule has 1 aromatic rings. The van der Waals surface area contributed by atoms with E-state index < -0.39 is 0 Å². The van der Waals surface area contributed by atoms with E-state index in [4.69, 9.17) is 17.3 Å². The predicted octanol–water partition coefficient (Wildman–Crippen LogP) is 1.53. The molecule has 1 aliphatic rings.